The number of carbonyl (C=O) groups excluding carboxylic acids is 5. The van der Waals surface area contributed by atoms with Crippen molar-refractivity contribution in [1.82, 2.24) is 10.0 Å². The number of ether oxygens (including phenoxy) is 1. The molecule has 0 N–H and O–H groups in total. The van der Waals surface area contributed by atoms with Crippen LogP contribution in [0.15, 0.2) is 109 Å². The van der Waals surface area contributed by atoms with Crippen LogP contribution in [0.5, 0.6) is 5.75 Å². The van der Waals surface area contributed by atoms with Crippen LogP contribution in [0.25, 0.3) is 0 Å². The Balaban J connectivity index is 1.12. The molecule has 1 saturated heterocycles. The number of Topliss-reactive ketones (excluding diaryl/α,β-unsaturated/α-hetero) is 1. The molecule has 0 aromatic heterocycles. The minimum absolute atomic E-state index is 0.0155. The van der Waals surface area contributed by atoms with Gasteiger partial charge in [0.15, 0.2) is 5.78 Å². The van der Waals surface area contributed by atoms with Crippen molar-refractivity contribution in [3.05, 3.63) is 168 Å². The van der Waals surface area contributed by atoms with Gasteiger partial charge in [0.1, 0.15) is 12.3 Å². The molecule has 0 unspecified atom stereocenters. The van der Waals surface area contributed by atoms with E-state index in [2.05, 4.69) is 0 Å². The van der Waals surface area contributed by atoms with Crippen LogP contribution >= 0.6 is 46.4 Å². The number of hydrazine groups is 1. The van der Waals surface area contributed by atoms with Gasteiger partial charge in [-0.15, -0.1) is 0 Å². The lowest BCUT2D eigenvalue weighted by Crippen LogP contribution is -2.52. The van der Waals surface area contributed by atoms with Crippen LogP contribution in [0.1, 0.15) is 65.2 Å². The van der Waals surface area contributed by atoms with E-state index in [0.29, 0.717) is 5.02 Å². The monoisotopic (exact) mass is 768 g/mol. The molecule has 2 bridgehead atoms. The summed E-state index contributed by atoms with van der Waals surface area (Å²) in [4.78, 5) is 70.1. The quantitative estimate of drug-likeness (QED) is 0.0711. The van der Waals surface area contributed by atoms with Gasteiger partial charge in [0, 0.05) is 27.4 Å². The zero-order valence-electron chi connectivity index (χ0n) is 26.8. The lowest BCUT2D eigenvalue weighted by Gasteiger charge is -2.45. The predicted molar refractivity (Wildman–Crippen MR) is 195 cm³/mol. The van der Waals surface area contributed by atoms with Crippen LogP contribution in [0.2, 0.25) is 20.1 Å². The van der Waals surface area contributed by atoms with Crippen molar-refractivity contribution in [1.29, 1.82) is 0 Å². The van der Waals surface area contributed by atoms with Gasteiger partial charge >= 0.3 is 5.97 Å². The summed E-state index contributed by atoms with van der Waals surface area (Å²) in [6.45, 7) is -0.677. The Bertz CT molecular complexity index is 2250. The van der Waals surface area contributed by atoms with Gasteiger partial charge in [-0.05, 0) is 82.9 Å². The van der Waals surface area contributed by atoms with Gasteiger partial charge in [-0.25, -0.2) is 9.80 Å². The van der Waals surface area contributed by atoms with Crippen LogP contribution in [-0.2, 0) is 9.59 Å². The minimum atomic E-state index is -0.830. The fourth-order valence-corrected chi connectivity index (χ4v) is 8.66. The van der Waals surface area contributed by atoms with E-state index >= 15 is 0 Å². The van der Waals surface area contributed by atoms with E-state index in [1.807, 2.05) is 48.5 Å². The number of benzene rings is 5. The van der Waals surface area contributed by atoms with E-state index in [1.54, 1.807) is 0 Å². The topological polar surface area (TPSA) is 101 Å². The summed E-state index contributed by atoms with van der Waals surface area (Å²) < 4.78 is 5.43. The van der Waals surface area contributed by atoms with Crippen molar-refractivity contribution in [2.45, 2.75) is 11.8 Å². The Morgan fingerprint density at radius 1 is 0.615 bits per heavy atom. The second-order valence-electron chi connectivity index (χ2n) is 12.7. The van der Waals surface area contributed by atoms with Crippen LogP contribution in [-0.4, -0.2) is 46.0 Å². The van der Waals surface area contributed by atoms with Gasteiger partial charge in [0.2, 0.25) is 0 Å². The standard InChI is InChI=1S/C40H24Cl4N2O6/c41-21-11-15-28(30(43)17-21)37(48)45(19-32(47)20-9-13-23(14-10-20)52-40(51)29-16-12-22(42)18-31(29)44)46-38(49)35-33-24-5-1-2-6-25(24)34(36(35)39(46)50)27-8-4-3-7-26(27)33/h1-18,33-36H,19H2/t33?,34?,35-,36-/m0/s1. The summed E-state index contributed by atoms with van der Waals surface area (Å²) in [7, 11) is 0. The molecule has 3 aliphatic carbocycles. The normalized spacial score (nSPS) is 19.5. The fourth-order valence-electron chi connectivity index (χ4n) is 7.69. The molecule has 0 spiro atoms. The van der Waals surface area contributed by atoms with Gasteiger partial charge in [-0.3, -0.25) is 19.2 Å². The molecule has 5 aromatic rings. The Hall–Kier alpha value is -4.99. The molecule has 8 nitrogen and oxygen atoms in total. The molecule has 2 atom stereocenters. The molecule has 258 valence electrons. The van der Waals surface area contributed by atoms with E-state index in [9.17, 15) is 24.0 Å². The highest BCUT2D eigenvalue weighted by atomic mass is 35.5. The summed E-state index contributed by atoms with van der Waals surface area (Å²) in [5.41, 5.74) is 4.02. The molecule has 1 heterocycles. The second-order valence-corrected chi connectivity index (χ2v) is 14.4. The van der Waals surface area contributed by atoms with Crippen molar-refractivity contribution in [2.75, 3.05) is 6.54 Å². The number of hydrogen-bond donors (Lipinski definition) is 0. The Labute approximate surface area is 317 Å². The lowest BCUT2D eigenvalue weighted by atomic mass is 9.55. The predicted octanol–water partition coefficient (Wildman–Crippen LogP) is 8.65. The summed E-state index contributed by atoms with van der Waals surface area (Å²) in [5.74, 6) is -5.63. The Morgan fingerprint density at radius 2 is 1.08 bits per heavy atom. The van der Waals surface area contributed by atoms with Crippen molar-refractivity contribution < 1.29 is 28.7 Å². The molecule has 9 rings (SSSR count). The van der Waals surface area contributed by atoms with Crippen LogP contribution in [0.4, 0.5) is 0 Å². The van der Waals surface area contributed by atoms with E-state index in [4.69, 9.17) is 51.1 Å². The van der Waals surface area contributed by atoms with Crippen molar-refractivity contribution in [2.24, 2.45) is 11.8 Å². The third kappa shape index (κ3) is 5.58. The van der Waals surface area contributed by atoms with E-state index in [0.717, 1.165) is 32.3 Å². The number of amides is 3. The van der Waals surface area contributed by atoms with Crippen molar-refractivity contribution in [3.63, 3.8) is 0 Å². The molecule has 52 heavy (non-hydrogen) atoms. The summed E-state index contributed by atoms with van der Waals surface area (Å²) >= 11 is 24.7. The number of esters is 1. The number of halogens is 4. The molecule has 3 amide bonds. The molecular formula is C40H24Cl4N2O6. The Morgan fingerprint density at radius 3 is 1.54 bits per heavy atom. The number of hydrogen-bond acceptors (Lipinski definition) is 6. The molecule has 1 fully saturated rings. The SMILES string of the molecule is O=C(CN(C(=O)c1ccc(Cl)cc1Cl)N1C(=O)[C@H]2C3c4ccccc4C(c4ccccc43)[C@@H]2C1=O)c1ccc(OC(=O)c2ccc(Cl)cc2Cl)cc1. The second kappa shape index (κ2) is 13.2. The fraction of sp³-hybridized carbons (Fsp3) is 0.125. The zero-order valence-corrected chi connectivity index (χ0v) is 29.8. The Kier molecular flexibility index (Phi) is 8.66. The molecule has 4 aliphatic rings. The highest BCUT2D eigenvalue weighted by Gasteiger charge is 2.63. The minimum Gasteiger partial charge on any atom is -0.423 e. The summed E-state index contributed by atoms with van der Waals surface area (Å²) in [5, 5.41) is 2.44. The largest absolute Gasteiger partial charge is 0.423 e. The number of imide groups is 1. The first kappa shape index (κ1) is 34.1. The average molecular weight is 770 g/mol. The first-order valence-electron chi connectivity index (χ1n) is 16.2. The van der Waals surface area contributed by atoms with Gasteiger partial charge < -0.3 is 4.74 Å². The van der Waals surface area contributed by atoms with Gasteiger partial charge in [-0.1, -0.05) is 94.9 Å². The molecule has 0 saturated carbocycles. The average Bonchev–Trinajstić information content (AvgIpc) is 3.39. The maximum atomic E-state index is 14.6. The first-order valence-corrected chi connectivity index (χ1v) is 17.7. The molecule has 0 radical (unpaired) electrons. The third-order valence-corrected chi connectivity index (χ3v) is 11.0. The summed E-state index contributed by atoms with van der Waals surface area (Å²) in [6.07, 6.45) is 0. The van der Waals surface area contributed by atoms with Crippen LogP contribution in [0, 0.1) is 11.8 Å². The highest BCUT2D eigenvalue weighted by Crippen LogP contribution is 2.61. The zero-order chi connectivity index (χ0) is 36.4. The first-order chi connectivity index (χ1) is 25.0. The molecule has 12 heteroatoms. The van der Waals surface area contributed by atoms with Crippen molar-refractivity contribution in [3.8, 4) is 5.75 Å². The lowest BCUT2D eigenvalue weighted by molar-refractivity contribution is -0.154. The molecule has 1 aliphatic heterocycles. The van der Waals surface area contributed by atoms with Crippen LogP contribution in [0.3, 0.4) is 0 Å². The van der Waals surface area contributed by atoms with Gasteiger partial charge in [-0.2, -0.15) is 5.01 Å². The molecular weight excluding hydrogens is 746 g/mol. The van der Waals surface area contributed by atoms with Gasteiger partial charge in [0.25, 0.3) is 17.7 Å². The maximum absolute atomic E-state index is 14.6. The van der Waals surface area contributed by atoms with Gasteiger partial charge in [0.05, 0.1) is 33.0 Å². The molecule has 5 aromatic carbocycles. The highest BCUT2D eigenvalue weighted by molar-refractivity contribution is 6.37. The van der Waals surface area contributed by atoms with E-state index in [1.165, 1.54) is 60.7 Å². The third-order valence-electron chi connectivity index (χ3n) is 9.89. The number of nitrogens with zero attached hydrogens (tertiary/aromatic N) is 2. The number of ketones is 1. The van der Waals surface area contributed by atoms with Crippen LogP contribution < -0.4 is 4.74 Å². The van der Waals surface area contributed by atoms with E-state index < -0.39 is 59.7 Å². The van der Waals surface area contributed by atoms with Crippen molar-refractivity contribution >= 4 is 75.9 Å². The van der Waals surface area contributed by atoms with E-state index in [-0.39, 0.29) is 37.5 Å². The smallest absolute Gasteiger partial charge is 0.345 e. The number of carbonyl (C=O) groups is 5. The maximum Gasteiger partial charge on any atom is 0.345 e. The summed E-state index contributed by atoms with van der Waals surface area (Å²) in [6, 6.07) is 29.7. The number of rotatable bonds is 7.